The van der Waals surface area contributed by atoms with Crippen LogP contribution in [-0.4, -0.2) is 37.3 Å². The van der Waals surface area contributed by atoms with Crippen LogP contribution in [-0.2, 0) is 0 Å². The van der Waals surface area contributed by atoms with Crippen LogP contribution in [0, 0.1) is 5.82 Å². The Morgan fingerprint density at radius 2 is 1.81 bits per heavy atom. The van der Waals surface area contributed by atoms with E-state index < -0.39 is 0 Å². The van der Waals surface area contributed by atoms with Crippen molar-refractivity contribution in [2.24, 2.45) is 4.99 Å². The third-order valence-electron chi connectivity index (χ3n) is 4.65. The minimum absolute atomic E-state index is 0.152. The van der Waals surface area contributed by atoms with Crippen molar-refractivity contribution in [2.75, 3.05) is 14.2 Å². The van der Waals surface area contributed by atoms with E-state index in [-0.39, 0.29) is 17.8 Å². The molecular formula is C20H17FN2O3. The Hall–Kier alpha value is -3.15. The van der Waals surface area contributed by atoms with Crippen molar-refractivity contribution in [1.29, 1.82) is 0 Å². The van der Waals surface area contributed by atoms with E-state index in [9.17, 15) is 9.18 Å². The first-order chi connectivity index (χ1) is 12.6. The molecule has 2 aromatic carbocycles. The van der Waals surface area contributed by atoms with Gasteiger partial charge < -0.3 is 14.4 Å². The fourth-order valence-corrected chi connectivity index (χ4v) is 3.28. The summed E-state index contributed by atoms with van der Waals surface area (Å²) in [6.07, 6.45) is 4.21. The van der Waals surface area contributed by atoms with Crippen molar-refractivity contribution in [3.8, 4) is 11.5 Å². The molecule has 6 heteroatoms. The Morgan fingerprint density at radius 3 is 2.50 bits per heavy atom. The normalized spacial score (nSPS) is 18.1. The van der Waals surface area contributed by atoms with E-state index in [1.807, 2.05) is 6.20 Å². The number of halogens is 1. The number of fused-ring (bicyclic) bond motifs is 2. The zero-order valence-corrected chi connectivity index (χ0v) is 14.4. The number of ether oxygens (including phenoxy) is 2. The maximum atomic E-state index is 13.2. The van der Waals surface area contributed by atoms with E-state index in [1.54, 1.807) is 42.5 Å². The first-order valence-electron chi connectivity index (χ1n) is 8.20. The third-order valence-corrected chi connectivity index (χ3v) is 4.65. The lowest BCUT2D eigenvalue weighted by atomic mass is 10.0. The number of hydrogen-bond donors (Lipinski definition) is 0. The van der Waals surface area contributed by atoms with Gasteiger partial charge in [0.1, 0.15) is 5.82 Å². The lowest BCUT2D eigenvalue weighted by molar-refractivity contribution is 0.0817. The molecule has 0 saturated heterocycles. The average molecular weight is 352 g/mol. The van der Waals surface area contributed by atoms with Gasteiger partial charge in [-0.15, -0.1) is 0 Å². The minimum Gasteiger partial charge on any atom is -0.493 e. The highest BCUT2D eigenvalue weighted by Gasteiger charge is 2.33. The van der Waals surface area contributed by atoms with Crippen LogP contribution in [0.25, 0.3) is 5.57 Å². The molecule has 0 aromatic heterocycles. The summed E-state index contributed by atoms with van der Waals surface area (Å²) in [5.74, 6) is 0.575. The molecule has 132 valence electrons. The number of hydrogen-bond acceptors (Lipinski definition) is 4. The zero-order chi connectivity index (χ0) is 18.3. The van der Waals surface area contributed by atoms with Crippen molar-refractivity contribution >= 4 is 23.4 Å². The zero-order valence-electron chi connectivity index (χ0n) is 14.4. The molecule has 0 bridgehead atoms. The molecule has 0 unspecified atom stereocenters. The van der Waals surface area contributed by atoms with Crippen molar-refractivity contribution in [1.82, 2.24) is 4.90 Å². The first-order valence-corrected chi connectivity index (χ1v) is 8.20. The second-order valence-corrected chi connectivity index (χ2v) is 6.15. The van der Waals surface area contributed by atoms with Gasteiger partial charge in [-0.25, -0.2) is 4.39 Å². The lowest BCUT2D eigenvalue weighted by Crippen LogP contribution is -2.32. The molecule has 0 N–H and O–H groups in total. The average Bonchev–Trinajstić information content (AvgIpc) is 3.05. The SMILES string of the molecule is COc1cc2c(cc1OC)C(=O)N1C=C(c3ccc(F)cc3)C[C@H]1C=N2. The van der Waals surface area contributed by atoms with Crippen molar-refractivity contribution in [3.05, 3.63) is 59.5 Å². The minimum atomic E-state index is -0.283. The van der Waals surface area contributed by atoms with Crippen LogP contribution in [0.2, 0.25) is 0 Å². The highest BCUT2D eigenvalue weighted by atomic mass is 19.1. The monoisotopic (exact) mass is 352 g/mol. The highest BCUT2D eigenvalue weighted by molar-refractivity contribution is 6.05. The smallest absolute Gasteiger partial charge is 0.260 e. The molecule has 0 spiro atoms. The van der Waals surface area contributed by atoms with E-state index in [2.05, 4.69) is 4.99 Å². The predicted octanol–water partition coefficient (Wildman–Crippen LogP) is 3.81. The topological polar surface area (TPSA) is 51.1 Å². The second-order valence-electron chi connectivity index (χ2n) is 6.15. The quantitative estimate of drug-likeness (QED) is 0.844. The van der Waals surface area contributed by atoms with Gasteiger partial charge in [-0.3, -0.25) is 9.79 Å². The summed E-state index contributed by atoms with van der Waals surface area (Å²) >= 11 is 0. The van der Waals surface area contributed by atoms with E-state index in [4.69, 9.17) is 9.47 Å². The van der Waals surface area contributed by atoms with Crippen molar-refractivity contribution in [2.45, 2.75) is 12.5 Å². The molecule has 1 amide bonds. The predicted molar refractivity (Wildman–Crippen MR) is 96.6 cm³/mol. The second kappa shape index (κ2) is 6.29. The molecule has 2 heterocycles. The number of rotatable bonds is 3. The third kappa shape index (κ3) is 2.63. The Labute approximate surface area is 150 Å². The summed E-state index contributed by atoms with van der Waals surface area (Å²) in [4.78, 5) is 19.2. The molecular weight excluding hydrogens is 335 g/mol. The van der Waals surface area contributed by atoms with Gasteiger partial charge in [-0.05, 0) is 29.3 Å². The Kier molecular flexibility index (Phi) is 3.95. The maximum absolute atomic E-state index is 13.2. The van der Waals surface area contributed by atoms with Crippen molar-refractivity contribution in [3.63, 3.8) is 0 Å². The van der Waals surface area contributed by atoms with Gasteiger partial charge in [-0.1, -0.05) is 12.1 Å². The summed E-state index contributed by atoms with van der Waals surface area (Å²) in [5.41, 5.74) is 2.88. The Morgan fingerprint density at radius 1 is 1.12 bits per heavy atom. The highest BCUT2D eigenvalue weighted by Crippen LogP contribution is 2.39. The molecule has 26 heavy (non-hydrogen) atoms. The summed E-state index contributed by atoms with van der Waals surface area (Å²) in [6.45, 7) is 0. The maximum Gasteiger partial charge on any atom is 0.260 e. The number of benzene rings is 2. The first kappa shape index (κ1) is 16.3. The molecule has 0 aliphatic carbocycles. The van der Waals surface area contributed by atoms with Gasteiger partial charge in [0.15, 0.2) is 11.5 Å². The van der Waals surface area contributed by atoms with E-state index >= 15 is 0 Å². The van der Waals surface area contributed by atoms with Crippen LogP contribution < -0.4 is 9.47 Å². The van der Waals surface area contributed by atoms with Gasteiger partial charge in [0.25, 0.3) is 5.91 Å². The van der Waals surface area contributed by atoms with Gasteiger partial charge >= 0.3 is 0 Å². The van der Waals surface area contributed by atoms with Crippen LogP contribution in [0.5, 0.6) is 11.5 Å². The molecule has 5 nitrogen and oxygen atoms in total. The molecule has 4 rings (SSSR count). The summed E-state index contributed by atoms with van der Waals surface area (Å²) in [6, 6.07) is 9.46. The van der Waals surface area contributed by atoms with E-state index in [0.717, 1.165) is 11.1 Å². The van der Waals surface area contributed by atoms with Gasteiger partial charge in [0.05, 0.1) is 31.5 Å². The number of nitrogens with zero attached hydrogens (tertiary/aromatic N) is 2. The molecule has 1 atom stereocenters. The van der Waals surface area contributed by atoms with E-state index in [0.29, 0.717) is 29.2 Å². The van der Waals surface area contributed by atoms with E-state index in [1.165, 1.54) is 19.2 Å². The van der Waals surface area contributed by atoms with Crippen LogP contribution in [0.15, 0.2) is 47.6 Å². The van der Waals surface area contributed by atoms with Gasteiger partial charge in [0.2, 0.25) is 0 Å². The number of carbonyl (C=O) groups excluding carboxylic acids is 1. The largest absolute Gasteiger partial charge is 0.493 e. The number of carbonyl (C=O) groups is 1. The molecule has 2 aliphatic heterocycles. The fourth-order valence-electron chi connectivity index (χ4n) is 3.28. The van der Waals surface area contributed by atoms with Crippen LogP contribution in [0.1, 0.15) is 22.3 Å². The van der Waals surface area contributed by atoms with Crippen LogP contribution in [0.3, 0.4) is 0 Å². The lowest BCUT2D eigenvalue weighted by Gasteiger charge is -2.18. The number of aliphatic imine (C=N–C) groups is 1. The Balaban J connectivity index is 1.73. The van der Waals surface area contributed by atoms with Gasteiger partial charge in [0, 0.05) is 24.9 Å². The molecule has 0 fully saturated rings. The number of methoxy groups -OCH3 is 2. The standard InChI is InChI=1S/C20H17FN2O3/c1-25-18-8-16-17(9-19(18)26-2)22-10-15-7-13(11-23(15)20(16)24)12-3-5-14(21)6-4-12/h3-6,8-11,15H,7H2,1-2H3/t15-/m0/s1. The molecule has 0 radical (unpaired) electrons. The molecule has 2 aromatic rings. The van der Waals surface area contributed by atoms with Crippen LogP contribution in [0.4, 0.5) is 10.1 Å². The Bertz CT molecular complexity index is 935. The van der Waals surface area contributed by atoms with Crippen molar-refractivity contribution < 1.29 is 18.7 Å². The number of amides is 1. The molecule has 2 aliphatic rings. The fraction of sp³-hybridized carbons (Fsp3) is 0.200. The summed E-state index contributed by atoms with van der Waals surface area (Å²) in [7, 11) is 3.07. The summed E-state index contributed by atoms with van der Waals surface area (Å²) in [5, 5.41) is 0. The summed E-state index contributed by atoms with van der Waals surface area (Å²) < 4.78 is 23.8. The van der Waals surface area contributed by atoms with Gasteiger partial charge in [-0.2, -0.15) is 0 Å². The van der Waals surface area contributed by atoms with Crippen LogP contribution >= 0.6 is 0 Å². The molecule has 0 saturated carbocycles.